The minimum absolute atomic E-state index is 0.0155. The quantitative estimate of drug-likeness (QED) is 0.618. The van der Waals surface area contributed by atoms with Crippen molar-refractivity contribution in [2.75, 3.05) is 0 Å². The first-order chi connectivity index (χ1) is 7.64. The van der Waals surface area contributed by atoms with Gasteiger partial charge < -0.3 is 10.2 Å². The van der Waals surface area contributed by atoms with Gasteiger partial charge >= 0.3 is 12.1 Å². The highest BCUT2D eigenvalue weighted by atomic mass is 19.4. The van der Waals surface area contributed by atoms with E-state index in [4.69, 9.17) is 10.2 Å². The Bertz CT molecular complexity index is 497. The third kappa shape index (κ3) is 2.44. The SMILES string of the molecule is O=C(O)c1cc([N+](=O)[O-])c(C(F)(F)F)cc1O. The predicted octanol–water partition coefficient (Wildman–Crippen LogP) is 2.02. The Morgan fingerprint density at radius 3 is 2.24 bits per heavy atom. The molecule has 0 saturated carbocycles. The first kappa shape index (κ1) is 12.7. The predicted molar refractivity (Wildman–Crippen MR) is 46.7 cm³/mol. The van der Waals surface area contributed by atoms with Crippen molar-refractivity contribution in [1.29, 1.82) is 0 Å². The van der Waals surface area contributed by atoms with Gasteiger partial charge in [-0.3, -0.25) is 10.1 Å². The van der Waals surface area contributed by atoms with Crippen molar-refractivity contribution in [3.05, 3.63) is 33.4 Å². The lowest BCUT2D eigenvalue weighted by molar-refractivity contribution is -0.388. The summed E-state index contributed by atoms with van der Waals surface area (Å²) in [6.45, 7) is 0. The van der Waals surface area contributed by atoms with Crippen molar-refractivity contribution in [2.24, 2.45) is 0 Å². The molecule has 0 amide bonds. The van der Waals surface area contributed by atoms with Gasteiger partial charge in [-0.05, 0) is 6.07 Å². The molecule has 0 aromatic heterocycles. The highest BCUT2D eigenvalue weighted by Crippen LogP contribution is 2.39. The molecule has 0 bridgehead atoms. The molecule has 0 radical (unpaired) electrons. The van der Waals surface area contributed by atoms with E-state index in [-0.39, 0.29) is 12.1 Å². The zero-order valence-corrected chi connectivity index (χ0v) is 7.85. The lowest BCUT2D eigenvalue weighted by Gasteiger charge is -2.09. The van der Waals surface area contributed by atoms with Crippen LogP contribution in [0.15, 0.2) is 12.1 Å². The number of carboxylic acid groups (broad SMARTS) is 1. The van der Waals surface area contributed by atoms with E-state index >= 15 is 0 Å². The third-order valence-electron chi connectivity index (χ3n) is 1.85. The van der Waals surface area contributed by atoms with Gasteiger partial charge in [0.05, 0.1) is 4.92 Å². The van der Waals surface area contributed by atoms with Crippen LogP contribution in [0.1, 0.15) is 15.9 Å². The van der Waals surface area contributed by atoms with Gasteiger partial charge in [-0.15, -0.1) is 0 Å². The van der Waals surface area contributed by atoms with Crippen molar-refractivity contribution in [2.45, 2.75) is 6.18 Å². The number of phenols is 1. The summed E-state index contributed by atoms with van der Waals surface area (Å²) in [6.07, 6.45) is -5.06. The number of nitro benzene ring substituents is 1. The number of hydrogen-bond donors (Lipinski definition) is 2. The molecule has 0 aliphatic heterocycles. The monoisotopic (exact) mass is 251 g/mol. The number of carbonyl (C=O) groups is 1. The molecule has 92 valence electrons. The summed E-state index contributed by atoms with van der Waals surface area (Å²) in [5.74, 6) is -2.95. The van der Waals surface area contributed by atoms with Gasteiger partial charge in [0.2, 0.25) is 0 Å². The van der Waals surface area contributed by atoms with Gasteiger partial charge in [0, 0.05) is 6.07 Å². The van der Waals surface area contributed by atoms with Crippen molar-refractivity contribution in [1.82, 2.24) is 0 Å². The summed E-state index contributed by atoms with van der Waals surface area (Å²) in [5.41, 5.74) is -4.10. The van der Waals surface area contributed by atoms with Crippen LogP contribution in [0.25, 0.3) is 0 Å². The molecular weight excluding hydrogens is 247 g/mol. The molecule has 0 heterocycles. The molecule has 0 spiro atoms. The maximum Gasteiger partial charge on any atom is 0.423 e. The fourth-order valence-corrected chi connectivity index (χ4v) is 1.13. The average Bonchev–Trinajstić information content (AvgIpc) is 2.14. The number of nitro groups is 1. The second-order valence-corrected chi connectivity index (χ2v) is 2.95. The summed E-state index contributed by atoms with van der Waals surface area (Å²) >= 11 is 0. The highest BCUT2D eigenvalue weighted by Gasteiger charge is 2.39. The molecule has 1 aromatic carbocycles. The molecule has 1 aromatic rings. The number of benzene rings is 1. The van der Waals surface area contributed by atoms with Crippen LogP contribution in [0, 0.1) is 10.1 Å². The third-order valence-corrected chi connectivity index (χ3v) is 1.85. The molecule has 0 atom stereocenters. The Morgan fingerprint density at radius 1 is 1.35 bits per heavy atom. The summed E-state index contributed by atoms with van der Waals surface area (Å²) in [5, 5.41) is 27.9. The van der Waals surface area contributed by atoms with E-state index in [9.17, 15) is 28.1 Å². The molecule has 9 heteroatoms. The van der Waals surface area contributed by atoms with E-state index in [1.54, 1.807) is 0 Å². The number of nitrogens with zero attached hydrogens (tertiary/aromatic N) is 1. The largest absolute Gasteiger partial charge is 0.507 e. The van der Waals surface area contributed by atoms with E-state index in [1.165, 1.54) is 0 Å². The summed E-state index contributed by atoms with van der Waals surface area (Å²) in [7, 11) is 0. The zero-order valence-electron chi connectivity index (χ0n) is 7.85. The first-order valence-corrected chi connectivity index (χ1v) is 3.96. The van der Waals surface area contributed by atoms with E-state index in [1.807, 2.05) is 0 Å². The van der Waals surface area contributed by atoms with E-state index in [2.05, 4.69) is 0 Å². The smallest absolute Gasteiger partial charge is 0.423 e. The first-order valence-electron chi connectivity index (χ1n) is 3.96. The molecule has 17 heavy (non-hydrogen) atoms. The second kappa shape index (κ2) is 3.92. The number of aromatic hydroxyl groups is 1. The number of rotatable bonds is 2. The Hall–Kier alpha value is -2.32. The van der Waals surface area contributed by atoms with Gasteiger partial charge in [-0.1, -0.05) is 0 Å². The summed E-state index contributed by atoms with van der Waals surface area (Å²) in [4.78, 5) is 19.5. The number of aromatic carboxylic acids is 1. The van der Waals surface area contributed by atoms with Crippen LogP contribution in [0.5, 0.6) is 5.75 Å². The topological polar surface area (TPSA) is 101 Å². The molecule has 0 fully saturated rings. The van der Waals surface area contributed by atoms with Crippen LogP contribution in [-0.2, 0) is 6.18 Å². The van der Waals surface area contributed by atoms with Gasteiger partial charge in [0.1, 0.15) is 16.9 Å². The molecule has 0 aliphatic carbocycles. The molecular formula is C8H4F3NO5. The maximum atomic E-state index is 12.4. The minimum Gasteiger partial charge on any atom is -0.507 e. The van der Waals surface area contributed by atoms with Crippen LogP contribution in [0.3, 0.4) is 0 Å². The summed E-state index contributed by atoms with van der Waals surface area (Å²) in [6, 6.07) is 0.183. The number of alkyl halides is 3. The molecule has 0 unspecified atom stereocenters. The van der Waals surface area contributed by atoms with E-state index in [0.717, 1.165) is 0 Å². The normalized spacial score (nSPS) is 11.2. The van der Waals surface area contributed by atoms with E-state index < -0.39 is 39.6 Å². The second-order valence-electron chi connectivity index (χ2n) is 2.95. The lowest BCUT2D eigenvalue weighted by atomic mass is 10.1. The van der Waals surface area contributed by atoms with Crippen molar-refractivity contribution >= 4 is 11.7 Å². The summed E-state index contributed by atoms with van der Waals surface area (Å²) < 4.78 is 37.1. The number of halogens is 3. The zero-order chi connectivity index (χ0) is 13.4. The minimum atomic E-state index is -5.06. The number of carboxylic acids is 1. The maximum absolute atomic E-state index is 12.4. The van der Waals surface area contributed by atoms with Crippen LogP contribution in [-0.4, -0.2) is 21.1 Å². The van der Waals surface area contributed by atoms with Gasteiger partial charge in [0.25, 0.3) is 5.69 Å². The number of hydrogen-bond acceptors (Lipinski definition) is 4. The average molecular weight is 251 g/mol. The standard InChI is InChI=1S/C8H4F3NO5/c9-8(10,11)4-2-6(13)3(7(14)15)1-5(4)12(16)17/h1-2,13H,(H,14,15). The molecule has 2 N–H and O–H groups in total. The van der Waals surface area contributed by atoms with Crippen molar-refractivity contribution in [3.8, 4) is 5.75 Å². The van der Waals surface area contributed by atoms with Crippen LogP contribution in [0.4, 0.5) is 18.9 Å². The Labute approximate surface area is 91.1 Å². The Kier molecular flexibility index (Phi) is 2.94. The van der Waals surface area contributed by atoms with Crippen molar-refractivity contribution in [3.63, 3.8) is 0 Å². The molecule has 1 rings (SSSR count). The van der Waals surface area contributed by atoms with E-state index in [0.29, 0.717) is 0 Å². The fraction of sp³-hybridized carbons (Fsp3) is 0.125. The lowest BCUT2D eigenvalue weighted by Crippen LogP contribution is -2.10. The van der Waals surface area contributed by atoms with Gasteiger partial charge in [0.15, 0.2) is 0 Å². The fourth-order valence-electron chi connectivity index (χ4n) is 1.13. The van der Waals surface area contributed by atoms with Gasteiger partial charge in [-0.2, -0.15) is 13.2 Å². The van der Waals surface area contributed by atoms with Crippen LogP contribution >= 0.6 is 0 Å². The van der Waals surface area contributed by atoms with Crippen LogP contribution < -0.4 is 0 Å². The molecule has 0 saturated heterocycles. The Morgan fingerprint density at radius 2 is 1.88 bits per heavy atom. The molecule has 0 aliphatic rings. The Balaban J connectivity index is 3.58. The van der Waals surface area contributed by atoms with Crippen molar-refractivity contribution < 1.29 is 33.1 Å². The van der Waals surface area contributed by atoms with Gasteiger partial charge in [-0.25, -0.2) is 4.79 Å². The molecule has 6 nitrogen and oxygen atoms in total. The highest BCUT2D eigenvalue weighted by molar-refractivity contribution is 5.92. The van der Waals surface area contributed by atoms with Crippen LogP contribution in [0.2, 0.25) is 0 Å².